The molecule has 2 aromatic carbocycles. The fraction of sp³-hybridized carbons (Fsp3) is 0.0667. The Morgan fingerprint density at radius 2 is 1.90 bits per heavy atom. The van der Waals surface area contributed by atoms with Gasteiger partial charge in [0, 0.05) is 11.1 Å². The van der Waals surface area contributed by atoms with Crippen LogP contribution in [-0.2, 0) is 0 Å². The van der Waals surface area contributed by atoms with Crippen molar-refractivity contribution in [2.24, 2.45) is 10.8 Å². The smallest absolute Gasteiger partial charge is 0.332 e. The lowest BCUT2D eigenvalue weighted by Gasteiger charge is -2.10. The lowest BCUT2D eigenvalue weighted by molar-refractivity contribution is 0.249. The van der Waals surface area contributed by atoms with Crippen molar-refractivity contribution in [3.05, 3.63) is 65.2 Å². The molecule has 2 aromatic rings. The van der Waals surface area contributed by atoms with Gasteiger partial charge in [-0.05, 0) is 19.1 Å². The quantitative estimate of drug-likeness (QED) is 0.588. The highest BCUT2D eigenvalue weighted by molar-refractivity contribution is 6.14. The summed E-state index contributed by atoms with van der Waals surface area (Å²) in [5.41, 5.74) is 9.97. The molecule has 102 valence electrons. The van der Waals surface area contributed by atoms with E-state index in [1.165, 1.54) is 0 Å². The second-order valence-corrected chi connectivity index (χ2v) is 4.32. The predicted molar refractivity (Wildman–Crippen MR) is 77.6 cm³/mol. The van der Waals surface area contributed by atoms with Gasteiger partial charge in [-0.25, -0.2) is 10.2 Å². The van der Waals surface area contributed by atoms with Crippen molar-refractivity contribution in [1.29, 1.82) is 0 Å². The third-order valence-corrected chi connectivity index (χ3v) is 2.73. The van der Waals surface area contributed by atoms with Crippen molar-refractivity contribution < 1.29 is 9.90 Å². The molecule has 5 heteroatoms. The van der Waals surface area contributed by atoms with Crippen molar-refractivity contribution >= 4 is 11.7 Å². The Bertz CT molecular complexity index is 651. The molecule has 4 N–H and O–H groups in total. The minimum atomic E-state index is -0.759. The number of hydrazone groups is 1. The number of urea groups is 1. The first kappa shape index (κ1) is 13.6. The summed E-state index contributed by atoms with van der Waals surface area (Å²) in [5, 5.41) is 14.0. The molecule has 5 nitrogen and oxygen atoms in total. The molecular formula is C15H15N3O2. The van der Waals surface area contributed by atoms with Gasteiger partial charge in [0.25, 0.3) is 0 Å². The van der Waals surface area contributed by atoms with Crippen molar-refractivity contribution in [1.82, 2.24) is 5.43 Å². The maximum atomic E-state index is 10.9. The van der Waals surface area contributed by atoms with E-state index in [4.69, 9.17) is 5.73 Å². The number of primary amides is 1. The number of nitrogens with two attached hydrogens (primary N) is 1. The van der Waals surface area contributed by atoms with E-state index >= 15 is 0 Å². The number of benzene rings is 2. The van der Waals surface area contributed by atoms with Gasteiger partial charge in [0.05, 0.1) is 0 Å². The zero-order valence-electron chi connectivity index (χ0n) is 11.0. The highest BCUT2D eigenvalue weighted by atomic mass is 16.3. The molecular weight excluding hydrogens is 254 g/mol. The molecule has 2 rings (SSSR count). The molecule has 0 saturated carbocycles. The summed E-state index contributed by atoms with van der Waals surface area (Å²) >= 11 is 0. The third kappa shape index (κ3) is 3.14. The fourth-order valence-corrected chi connectivity index (χ4v) is 1.83. The van der Waals surface area contributed by atoms with Gasteiger partial charge < -0.3 is 10.8 Å². The number of carbonyl (C=O) groups is 1. The summed E-state index contributed by atoms with van der Waals surface area (Å²) in [6.45, 7) is 1.91. The van der Waals surface area contributed by atoms with E-state index in [9.17, 15) is 9.90 Å². The largest absolute Gasteiger partial charge is 0.507 e. The monoisotopic (exact) mass is 269 g/mol. The first-order valence-corrected chi connectivity index (χ1v) is 6.06. The standard InChI is InChI=1S/C15H15N3O2/c1-10-7-8-13(19)12(9-10)14(17-18-15(16)20)11-5-3-2-4-6-11/h2-9,19H,1H3,(H3,16,18,20)/b17-14+. The summed E-state index contributed by atoms with van der Waals surface area (Å²) in [6, 6.07) is 13.7. The molecule has 0 aliphatic rings. The molecule has 2 amide bonds. The van der Waals surface area contributed by atoms with E-state index in [1.807, 2.05) is 37.3 Å². The topological polar surface area (TPSA) is 87.7 Å². The number of carbonyl (C=O) groups excluding carboxylic acids is 1. The number of nitrogens with zero attached hydrogens (tertiary/aromatic N) is 1. The summed E-state index contributed by atoms with van der Waals surface area (Å²) < 4.78 is 0. The van der Waals surface area contributed by atoms with E-state index in [0.717, 1.165) is 11.1 Å². The van der Waals surface area contributed by atoms with Gasteiger partial charge >= 0.3 is 6.03 Å². The van der Waals surface area contributed by atoms with Crippen LogP contribution < -0.4 is 11.2 Å². The van der Waals surface area contributed by atoms with Crippen LogP contribution in [0.3, 0.4) is 0 Å². The van der Waals surface area contributed by atoms with E-state index in [-0.39, 0.29) is 5.75 Å². The van der Waals surface area contributed by atoms with Gasteiger partial charge in [-0.2, -0.15) is 5.10 Å². The Morgan fingerprint density at radius 1 is 1.20 bits per heavy atom. The molecule has 0 spiro atoms. The molecule has 0 bridgehead atoms. The minimum Gasteiger partial charge on any atom is -0.507 e. The summed E-state index contributed by atoms with van der Waals surface area (Å²) in [6.07, 6.45) is 0. The maximum Gasteiger partial charge on any atom is 0.332 e. The summed E-state index contributed by atoms with van der Waals surface area (Å²) in [4.78, 5) is 10.9. The third-order valence-electron chi connectivity index (χ3n) is 2.73. The van der Waals surface area contributed by atoms with Gasteiger partial charge in [0.2, 0.25) is 0 Å². The van der Waals surface area contributed by atoms with Crippen LogP contribution >= 0.6 is 0 Å². The van der Waals surface area contributed by atoms with Gasteiger partial charge in [-0.1, -0.05) is 42.0 Å². The van der Waals surface area contributed by atoms with E-state index in [1.54, 1.807) is 18.2 Å². The van der Waals surface area contributed by atoms with Gasteiger partial charge in [0.15, 0.2) is 0 Å². The maximum absolute atomic E-state index is 10.9. The number of nitrogens with one attached hydrogen (secondary N) is 1. The highest BCUT2D eigenvalue weighted by Crippen LogP contribution is 2.22. The zero-order valence-corrected chi connectivity index (χ0v) is 11.0. The molecule has 0 saturated heterocycles. The Hall–Kier alpha value is -2.82. The van der Waals surface area contributed by atoms with Crippen LogP contribution in [0.4, 0.5) is 4.79 Å². The van der Waals surface area contributed by atoms with Crippen LogP contribution in [0.2, 0.25) is 0 Å². The van der Waals surface area contributed by atoms with Crippen LogP contribution in [-0.4, -0.2) is 16.8 Å². The van der Waals surface area contributed by atoms with Gasteiger partial charge in [-0.15, -0.1) is 0 Å². The molecule has 0 heterocycles. The fourth-order valence-electron chi connectivity index (χ4n) is 1.83. The average Bonchev–Trinajstić information content (AvgIpc) is 2.43. The first-order chi connectivity index (χ1) is 9.58. The Balaban J connectivity index is 2.55. The van der Waals surface area contributed by atoms with Crippen molar-refractivity contribution in [2.45, 2.75) is 6.92 Å². The lowest BCUT2D eigenvalue weighted by Crippen LogP contribution is -2.26. The highest BCUT2D eigenvalue weighted by Gasteiger charge is 2.12. The molecule has 0 aliphatic heterocycles. The molecule has 0 unspecified atom stereocenters. The van der Waals surface area contributed by atoms with E-state index in [0.29, 0.717) is 11.3 Å². The van der Waals surface area contributed by atoms with Gasteiger partial charge in [-0.3, -0.25) is 0 Å². The number of aryl methyl sites for hydroxylation is 1. The lowest BCUT2D eigenvalue weighted by atomic mass is 10.00. The van der Waals surface area contributed by atoms with Crippen LogP contribution in [0.25, 0.3) is 0 Å². The zero-order chi connectivity index (χ0) is 14.5. The van der Waals surface area contributed by atoms with Crippen LogP contribution in [0.1, 0.15) is 16.7 Å². The molecule has 0 radical (unpaired) electrons. The first-order valence-electron chi connectivity index (χ1n) is 6.06. The average molecular weight is 269 g/mol. The van der Waals surface area contributed by atoms with Gasteiger partial charge in [0.1, 0.15) is 11.5 Å². The number of hydrogen-bond donors (Lipinski definition) is 3. The second-order valence-electron chi connectivity index (χ2n) is 4.32. The van der Waals surface area contributed by atoms with E-state index < -0.39 is 6.03 Å². The Labute approximate surface area is 116 Å². The summed E-state index contributed by atoms with van der Waals surface area (Å²) in [5.74, 6) is 0.0875. The number of phenolic OH excluding ortho intramolecular Hbond substituents is 1. The number of rotatable bonds is 3. The minimum absolute atomic E-state index is 0.0875. The molecule has 20 heavy (non-hydrogen) atoms. The van der Waals surface area contributed by atoms with Crippen LogP contribution in [0, 0.1) is 6.92 Å². The summed E-state index contributed by atoms with van der Waals surface area (Å²) in [7, 11) is 0. The van der Waals surface area contributed by atoms with Crippen molar-refractivity contribution in [3.63, 3.8) is 0 Å². The molecule has 0 fully saturated rings. The van der Waals surface area contributed by atoms with E-state index in [2.05, 4.69) is 10.5 Å². The number of hydrogen-bond acceptors (Lipinski definition) is 3. The second kappa shape index (κ2) is 5.88. The predicted octanol–water partition coefficient (Wildman–Crippen LogP) is 2.12. The van der Waals surface area contributed by atoms with Crippen LogP contribution in [0.15, 0.2) is 53.6 Å². The van der Waals surface area contributed by atoms with Crippen molar-refractivity contribution in [2.75, 3.05) is 0 Å². The Morgan fingerprint density at radius 3 is 2.55 bits per heavy atom. The van der Waals surface area contributed by atoms with Crippen LogP contribution in [0.5, 0.6) is 5.75 Å². The molecule has 0 aromatic heterocycles. The number of aromatic hydroxyl groups is 1. The van der Waals surface area contributed by atoms with Crippen molar-refractivity contribution in [3.8, 4) is 5.75 Å². The Kier molecular flexibility index (Phi) is 4.00. The number of phenols is 1. The SMILES string of the molecule is Cc1ccc(O)c(/C(=N/NC(N)=O)c2ccccc2)c1. The molecule has 0 atom stereocenters. The molecule has 0 aliphatic carbocycles. The normalized spacial score (nSPS) is 11.2. The number of amides is 2.